The molecule has 0 saturated heterocycles. The molecule has 1 heteroatoms. The van der Waals surface area contributed by atoms with Crippen LogP contribution in [0.5, 0.6) is 0 Å². The zero-order chi connectivity index (χ0) is 6.48. The Hall–Kier alpha value is -0.330. The minimum Gasteiger partial charge on any atom is -0.299 e. The number of hydrogen-bond donors (Lipinski definition) is 0. The van der Waals surface area contributed by atoms with E-state index in [0.29, 0.717) is 17.1 Å². The largest absolute Gasteiger partial charge is 0.299 e. The van der Waals surface area contributed by atoms with Crippen LogP contribution in [0.3, 0.4) is 0 Å². The van der Waals surface area contributed by atoms with Crippen molar-refractivity contribution in [2.75, 3.05) is 0 Å². The Labute approximate surface area is 55.4 Å². The van der Waals surface area contributed by atoms with Gasteiger partial charge in [0.05, 0.1) is 0 Å². The molecule has 2 saturated carbocycles. The minimum absolute atomic E-state index is 0.432. The van der Waals surface area contributed by atoms with Crippen molar-refractivity contribution in [1.29, 1.82) is 0 Å². The highest BCUT2D eigenvalue weighted by atomic mass is 16.1. The van der Waals surface area contributed by atoms with Gasteiger partial charge in [0, 0.05) is 12.3 Å². The summed E-state index contributed by atoms with van der Waals surface area (Å²) >= 11 is 0. The SMILES string of the molecule is CC12CCC(C1)C(=O)C2. The molecule has 0 aromatic heterocycles. The van der Waals surface area contributed by atoms with Crippen molar-refractivity contribution in [2.24, 2.45) is 11.3 Å². The molecule has 2 aliphatic carbocycles. The van der Waals surface area contributed by atoms with Crippen molar-refractivity contribution in [3.05, 3.63) is 0 Å². The molecular formula is C8H12O. The third-order valence-corrected chi connectivity index (χ3v) is 2.89. The highest BCUT2D eigenvalue weighted by molar-refractivity contribution is 5.85. The average Bonchev–Trinajstić information content (AvgIpc) is 2.20. The van der Waals surface area contributed by atoms with Crippen molar-refractivity contribution in [2.45, 2.75) is 32.6 Å². The molecule has 0 aromatic carbocycles. The summed E-state index contributed by atoms with van der Waals surface area (Å²) in [5.74, 6) is 0.999. The molecule has 0 radical (unpaired) electrons. The van der Waals surface area contributed by atoms with Crippen molar-refractivity contribution in [3.63, 3.8) is 0 Å². The molecule has 50 valence electrons. The lowest BCUT2D eigenvalue weighted by Crippen LogP contribution is -2.13. The van der Waals surface area contributed by atoms with Gasteiger partial charge in [0.15, 0.2) is 0 Å². The molecule has 0 spiro atoms. The standard InChI is InChI=1S/C8H12O/c1-8-3-2-6(4-8)7(9)5-8/h6H,2-5H2,1H3. The first-order valence-electron chi connectivity index (χ1n) is 3.72. The lowest BCUT2D eigenvalue weighted by Gasteiger charge is -2.18. The van der Waals surface area contributed by atoms with Crippen molar-refractivity contribution in [1.82, 2.24) is 0 Å². The Kier molecular flexibility index (Phi) is 0.842. The predicted octanol–water partition coefficient (Wildman–Crippen LogP) is 1.77. The van der Waals surface area contributed by atoms with Crippen molar-refractivity contribution < 1.29 is 4.79 Å². The maximum atomic E-state index is 11.0. The Bertz CT molecular complexity index is 162. The van der Waals surface area contributed by atoms with Gasteiger partial charge in [-0.15, -0.1) is 0 Å². The highest BCUT2D eigenvalue weighted by Gasteiger charge is 2.46. The number of Topliss-reactive ketones (excluding diaryl/α,β-unsaturated/α-hetero) is 1. The van der Waals surface area contributed by atoms with Crippen LogP contribution in [0, 0.1) is 11.3 Å². The van der Waals surface area contributed by atoms with E-state index in [1.165, 1.54) is 19.3 Å². The van der Waals surface area contributed by atoms with Gasteiger partial charge in [-0.25, -0.2) is 0 Å². The second-order valence-corrected chi connectivity index (χ2v) is 3.89. The maximum absolute atomic E-state index is 11.0. The highest BCUT2D eigenvalue weighted by Crippen LogP contribution is 2.51. The van der Waals surface area contributed by atoms with E-state index in [1.54, 1.807) is 0 Å². The molecule has 0 aliphatic heterocycles. The van der Waals surface area contributed by atoms with E-state index in [4.69, 9.17) is 0 Å². The Balaban J connectivity index is 2.28. The summed E-state index contributed by atoms with van der Waals surface area (Å²) < 4.78 is 0. The number of ketones is 1. The van der Waals surface area contributed by atoms with E-state index >= 15 is 0 Å². The maximum Gasteiger partial charge on any atom is 0.136 e. The van der Waals surface area contributed by atoms with Gasteiger partial charge < -0.3 is 0 Å². The van der Waals surface area contributed by atoms with Crippen LogP contribution in [0.2, 0.25) is 0 Å². The summed E-state index contributed by atoms with van der Waals surface area (Å²) in [4.78, 5) is 11.0. The fourth-order valence-corrected chi connectivity index (χ4v) is 2.32. The zero-order valence-corrected chi connectivity index (χ0v) is 5.81. The van der Waals surface area contributed by atoms with E-state index in [2.05, 4.69) is 6.92 Å². The normalized spacial score (nSPS) is 48.6. The van der Waals surface area contributed by atoms with Gasteiger partial charge in [0.1, 0.15) is 5.78 Å². The molecule has 2 bridgehead atoms. The summed E-state index contributed by atoms with van der Waals surface area (Å²) in [6.07, 6.45) is 4.53. The molecule has 2 fully saturated rings. The monoisotopic (exact) mass is 124 g/mol. The predicted molar refractivity (Wildman–Crippen MR) is 35.1 cm³/mol. The third kappa shape index (κ3) is 0.637. The molecular weight excluding hydrogens is 112 g/mol. The lowest BCUT2D eigenvalue weighted by atomic mass is 9.86. The first-order chi connectivity index (χ1) is 4.20. The topological polar surface area (TPSA) is 17.1 Å². The van der Waals surface area contributed by atoms with Crippen LogP contribution in [-0.2, 0) is 4.79 Å². The van der Waals surface area contributed by atoms with Crippen LogP contribution in [-0.4, -0.2) is 5.78 Å². The Morgan fingerprint density at radius 2 is 2.44 bits per heavy atom. The molecule has 2 atom stereocenters. The minimum atomic E-state index is 0.432. The van der Waals surface area contributed by atoms with E-state index in [-0.39, 0.29) is 0 Å². The van der Waals surface area contributed by atoms with Gasteiger partial charge in [0.25, 0.3) is 0 Å². The fraction of sp³-hybridized carbons (Fsp3) is 0.875. The number of fused-ring (bicyclic) bond motifs is 2. The van der Waals surface area contributed by atoms with Crippen molar-refractivity contribution in [3.8, 4) is 0 Å². The van der Waals surface area contributed by atoms with Gasteiger partial charge in [-0.3, -0.25) is 4.79 Å². The van der Waals surface area contributed by atoms with Gasteiger partial charge in [-0.05, 0) is 24.7 Å². The molecule has 0 amide bonds. The molecule has 1 nitrogen and oxygen atoms in total. The smallest absolute Gasteiger partial charge is 0.136 e. The summed E-state index contributed by atoms with van der Waals surface area (Å²) in [5, 5.41) is 0. The molecule has 0 N–H and O–H groups in total. The van der Waals surface area contributed by atoms with E-state index in [9.17, 15) is 4.79 Å². The average molecular weight is 124 g/mol. The summed E-state index contributed by atoms with van der Waals surface area (Å²) in [6.45, 7) is 2.25. The van der Waals surface area contributed by atoms with Crippen LogP contribution >= 0.6 is 0 Å². The number of rotatable bonds is 0. The number of carbonyl (C=O) groups excluding carboxylic acids is 1. The van der Waals surface area contributed by atoms with Crippen LogP contribution < -0.4 is 0 Å². The van der Waals surface area contributed by atoms with E-state index in [1.807, 2.05) is 0 Å². The second-order valence-electron chi connectivity index (χ2n) is 3.89. The van der Waals surface area contributed by atoms with Gasteiger partial charge in [-0.2, -0.15) is 0 Å². The van der Waals surface area contributed by atoms with Crippen LogP contribution in [0.4, 0.5) is 0 Å². The summed E-state index contributed by atoms with van der Waals surface area (Å²) in [5.41, 5.74) is 0.432. The fourth-order valence-electron chi connectivity index (χ4n) is 2.32. The van der Waals surface area contributed by atoms with Crippen LogP contribution in [0.25, 0.3) is 0 Å². The molecule has 0 heterocycles. The first-order valence-corrected chi connectivity index (χ1v) is 3.72. The number of hydrogen-bond acceptors (Lipinski definition) is 1. The second kappa shape index (κ2) is 1.39. The zero-order valence-electron chi connectivity index (χ0n) is 5.81. The lowest BCUT2D eigenvalue weighted by molar-refractivity contribution is -0.122. The number of carbonyl (C=O) groups is 1. The van der Waals surface area contributed by atoms with Gasteiger partial charge in [-0.1, -0.05) is 6.92 Å². The van der Waals surface area contributed by atoms with Gasteiger partial charge >= 0.3 is 0 Å². The Morgan fingerprint density at radius 1 is 1.67 bits per heavy atom. The van der Waals surface area contributed by atoms with E-state index in [0.717, 1.165) is 6.42 Å². The first kappa shape index (κ1) is 5.45. The quantitative estimate of drug-likeness (QED) is 0.481. The molecule has 2 unspecified atom stereocenters. The third-order valence-electron chi connectivity index (χ3n) is 2.89. The Morgan fingerprint density at radius 3 is 2.67 bits per heavy atom. The van der Waals surface area contributed by atoms with Crippen LogP contribution in [0.1, 0.15) is 32.6 Å². The summed E-state index contributed by atoms with van der Waals surface area (Å²) in [7, 11) is 0. The van der Waals surface area contributed by atoms with Gasteiger partial charge in [0.2, 0.25) is 0 Å². The summed E-state index contributed by atoms with van der Waals surface area (Å²) in [6, 6.07) is 0. The van der Waals surface area contributed by atoms with Crippen LogP contribution in [0.15, 0.2) is 0 Å². The molecule has 9 heavy (non-hydrogen) atoms. The molecule has 2 aliphatic rings. The van der Waals surface area contributed by atoms with E-state index < -0.39 is 0 Å². The molecule has 2 rings (SSSR count). The molecule has 0 aromatic rings. The van der Waals surface area contributed by atoms with Crippen molar-refractivity contribution >= 4 is 5.78 Å².